The van der Waals surface area contributed by atoms with Crippen molar-refractivity contribution in [3.8, 4) is 0 Å². The molecule has 0 aliphatic carbocycles. The molecule has 0 N–H and O–H groups in total. The summed E-state index contributed by atoms with van der Waals surface area (Å²) in [4.78, 5) is 24.3. The molecular weight excluding hydrogens is 417 g/mol. The number of hydrogen-bond acceptors (Lipinski definition) is 8. The highest BCUT2D eigenvalue weighted by Crippen LogP contribution is 2.35. The highest BCUT2D eigenvalue weighted by molar-refractivity contribution is 5.47. The zero-order chi connectivity index (χ0) is 22.4. The van der Waals surface area contributed by atoms with Gasteiger partial charge in [-0.05, 0) is 6.42 Å². The molecule has 0 aromatic carbocycles. The molecule has 0 amide bonds. The molecule has 1 atom stereocenters. The lowest BCUT2D eigenvalue weighted by Gasteiger charge is -2.39. The maximum absolute atomic E-state index is 13.9. The number of ether oxygens (including phenoxy) is 1. The van der Waals surface area contributed by atoms with Gasteiger partial charge in [0.05, 0.1) is 13.2 Å². The Morgan fingerprint density at radius 2 is 1.84 bits per heavy atom. The smallest absolute Gasteiger partial charge is 0.378 e. The van der Waals surface area contributed by atoms with Gasteiger partial charge in [0, 0.05) is 31.1 Å². The van der Waals surface area contributed by atoms with Gasteiger partial charge in [-0.3, -0.25) is 9.36 Å². The minimum atomic E-state index is -4.51. The van der Waals surface area contributed by atoms with Gasteiger partial charge in [-0.1, -0.05) is 25.9 Å². The molecule has 2 aromatic rings. The molecule has 9 nitrogen and oxygen atoms in total. The zero-order valence-electron chi connectivity index (χ0n) is 17.6. The summed E-state index contributed by atoms with van der Waals surface area (Å²) in [6, 6.07) is -0.449. The Hall–Kier alpha value is -2.63. The topological polar surface area (TPSA) is 89.5 Å². The summed E-state index contributed by atoms with van der Waals surface area (Å²) < 4.78 is 53.5. The summed E-state index contributed by atoms with van der Waals surface area (Å²) in [5.41, 5.74) is -0.804. The Morgan fingerprint density at radius 3 is 2.45 bits per heavy atom. The SMILES string of the molecule is CC(C)(C)c1noc(CN2c3nc(N4CCOCC4)cc(=O)n3CCC2C(F)(F)F)n1. The first kappa shape index (κ1) is 21.6. The fourth-order valence-corrected chi connectivity index (χ4v) is 3.70. The van der Waals surface area contributed by atoms with Crippen LogP contribution < -0.4 is 15.4 Å². The van der Waals surface area contributed by atoms with Crippen molar-refractivity contribution in [3.05, 3.63) is 28.1 Å². The Labute approximate surface area is 176 Å². The predicted molar refractivity (Wildman–Crippen MR) is 105 cm³/mol. The van der Waals surface area contributed by atoms with E-state index in [1.165, 1.54) is 10.6 Å². The van der Waals surface area contributed by atoms with E-state index in [1.807, 2.05) is 25.7 Å². The van der Waals surface area contributed by atoms with Crippen molar-refractivity contribution in [1.29, 1.82) is 0 Å². The van der Waals surface area contributed by atoms with Crippen LogP contribution in [0.3, 0.4) is 0 Å². The van der Waals surface area contributed by atoms with Crippen LogP contribution in [0.4, 0.5) is 24.9 Å². The van der Waals surface area contributed by atoms with Gasteiger partial charge in [-0.2, -0.15) is 23.1 Å². The van der Waals surface area contributed by atoms with Crippen molar-refractivity contribution in [2.75, 3.05) is 36.1 Å². The normalized spacial score (nSPS) is 20.1. The summed E-state index contributed by atoms with van der Waals surface area (Å²) in [5, 5.41) is 3.90. The first-order valence-electron chi connectivity index (χ1n) is 10.1. The van der Waals surface area contributed by atoms with Crippen molar-refractivity contribution in [2.45, 2.75) is 57.9 Å². The molecule has 0 radical (unpaired) electrons. The number of aromatic nitrogens is 4. The van der Waals surface area contributed by atoms with Gasteiger partial charge in [0.1, 0.15) is 18.4 Å². The molecule has 1 saturated heterocycles. The maximum atomic E-state index is 13.9. The second kappa shape index (κ2) is 7.81. The van der Waals surface area contributed by atoms with E-state index in [0.29, 0.717) is 37.9 Å². The average Bonchev–Trinajstić information content (AvgIpc) is 3.17. The lowest BCUT2D eigenvalue weighted by molar-refractivity contribution is -0.153. The standard InChI is InChI=1S/C19H25F3N6O3/c1-18(2,3)16-24-14(31-25-16)11-28-12(19(20,21)22)4-5-27-15(29)10-13(23-17(27)28)26-6-8-30-9-7-26/h10,12H,4-9,11H2,1-3H3. The minimum absolute atomic E-state index is 0.0404. The molecule has 170 valence electrons. The quantitative estimate of drug-likeness (QED) is 0.714. The van der Waals surface area contributed by atoms with E-state index in [9.17, 15) is 18.0 Å². The fourth-order valence-electron chi connectivity index (χ4n) is 3.70. The third kappa shape index (κ3) is 4.39. The van der Waals surface area contributed by atoms with Gasteiger partial charge in [-0.15, -0.1) is 0 Å². The molecule has 2 aromatic heterocycles. The Bertz CT molecular complexity index is 991. The highest BCUT2D eigenvalue weighted by atomic mass is 19.4. The van der Waals surface area contributed by atoms with Crippen LogP contribution in [0.25, 0.3) is 0 Å². The second-order valence-corrected chi connectivity index (χ2v) is 8.74. The van der Waals surface area contributed by atoms with Crippen molar-refractivity contribution < 1.29 is 22.4 Å². The van der Waals surface area contributed by atoms with Crippen LogP contribution in [0.5, 0.6) is 0 Å². The third-order valence-electron chi connectivity index (χ3n) is 5.39. The molecule has 4 rings (SSSR count). The molecular formula is C19H25F3N6O3. The Morgan fingerprint density at radius 1 is 1.13 bits per heavy atom. The van der Waals surface area contributed by atoms with Crippen LogP contribution >= 0.6 is 0 Å². The molecule has 0 spiro atoms. The lowest BCUT2D eigenvalue weighted by atomic mass is 9.96. The maximum Gasteiger partial charge on any atom is 0.408 e. The van der Waals surface area contributed by atoms with E-state index in [-0.39, 0.29) is 31.3 Å². The van der Waals surface area contributed by atoms with Gasteiger partial charge in [0.2, 0.25) is 11.8 Å². The zero-order valence-corrected chi connectivity index (χ0v) is 17.6. The number of morpholine rings is 1. The van der Waals surface area contributed by atoms with Gasteiger partial charge >= 0.3 is 6.18 Å². The minimum Gasteiger partial charge on any atom is -0.378 e. The number of nitrogens with zero attached hydrogens (tertiary/aromatic N) is 6. The van der Waals surface area contributed by atoms with E-state index in [1.54, 1.807) is 0 Å². The van der Waals surface area contributed by atoms with E-state index < -0.39 is 23.2 Å². The van der Waals surface area contributed by atoms with Crippen molar-refractivity contribution in [1.82, 2.24) is 19.7 Å². The lowest BCUT2D eigenvalue weighted by Crippen LogP contribution is -2.52. The van der Waals surface area contributed by atoms with Crippen LogP contribution in [-0.2, 0) is 23.2 Å². The highest BCUT2D eigenvalue weighted by Gasteiger charge is 2.47. The van der Waals surface area contributed by atoms with Gasteiger partial charge in [0.25, 0.3) is 5.56 Å². The predicted octanol–water partition coefficient (Wildman–Crippen LogP) is 2.10. The van der Waals surface area contributed by atoms with Crippen molar-refractivity contribution in [3.63, 3.8) is 0 Å². The van der Waals surface area contributed by atoms with E-state index in [2.05, 4.69) is 15.1 Å². The van der Waals surface area contributed by atoms with Crippen LogP contribution in [0, 0.1) is 0 Å². The fraction of sp³-hybridized carbons (Fsp3) is 0.684. The number of anilines is 2. The number of alkyl halides is 3. The Kier molecular flexibility index (Phi) is 5.44. The van der Waals surface area contributed by atoms with Crippen molar-refractivity contribution in [2.24, 2.45) is 0 Å². The van der Waals surface area contributed by atoms with Crippen LogP contribution in [0.2, 0.25) is 0 Å². The number of fused-ring (bicyclic) bond motifs is 1. The first-order valence-corrected chi connectivity index (χ1v) is 10.1. The largest absolute Gasteiger partial charge is 0.408 e. The molecule has 31 heavy (non-hydrogen) atoms. The average molecular weight is 442 g/mol. The summed E-state index contributed by atoms with van der Waals surface area (Å²) in [5.74, 6) is 0.737. The van der Waals surface area contributed by atoms with E-state index >= 15 is 0 Å². The van der Waals surface area contributed by atoms with Crippen LogP contribution in [0.15, 0.2) is 15.4 Å². The van der Waals surface area contributed by atoms with Crippen LogP contribution in [-0.4, -0.2) is 58.2 Å². The molecule has 1 fully saturated rings. The Balaban J connectivity index is 1.74. The molecule has 12 heteroatoms. The number of rotatable bonds is 3. The van der Waals surface area contributed by atoms with Gasteiger partial charge < -0.3 is 19.1 Å². The molecule has 0 saturated carbocycles. The van der Waals surface area contributed by atoms with E-state index in [0.717, 1.165) is 4.90 Å². The van der Waals surface area contributed by atoms with Crippen molar-refractivity contribution >= 4 is 11.8 Å². The summed E-state index contributed by atoms with van der Waals surface area (Å²) >= 11 is 0. The van der Waals surface area contributed by atoms with Gasteiger partial charge in [0.15, 0.2) is 5.82 Å². The van der Waals surface area contributed by atoms with Crippen LogP contribution in [0.1, 0.15) is 38.9 Å². The molecule has 2 aliphatic rings. The summed E-state index contributed by atoms with van der Waals surface area (Å²) in [6.45, 7) is 7.23. The third-order valence-corrected chi connectivity index (χ3v) is 5.39. The number of halogens is 3. The molecule has 2 aliphatic heterocycles. The van der Waals surface area contributed by atoms with Gasteiger partial charge in [-0.25, -0.2) is 0 Å². The summed E-state index contributed by atoms with van der Waals surface area (Å²) in [7, 11) is 0. The summed E-state index contributed by atoms with van der Waals surface area (Å²) in [6.07, 6.45) is -4.78. The molecule has 4 heterocycles. The first-order chi connectivity index (χ1) is 14.5. The molecule has 1 unspecified atom stereocenters. The monoisotopic (exact) mass is 442 g/mol. The second-order valence-electron chi connectivity index (χ2n) is 8.74. The number of hydrogen-bond donors (Lipinski definition) is 0. The molecule has 0 bridgehead atoms. The van der Waals surface area contributed by atoms with E-state index in [4.69, 9.17) is 9.26 Å².